The summed E-state index contributed by atoms with van der Waals surface area (Å²) in [6.07, 6.45) is 2.02. The van der Waals surface area contributed by atoms with E-state index in [-0.39, 0.29) is 5.41 Å². The van der Waals surface area contributed by atoms with Crippen molar-refractivity contribution in [2.45, 2.75) is 39.0 Å². The van der Waals surface area contributed by atoms with Gasteiger partial charge in [-0.05, 0) is 23.5 Å². The van der Waals surface area contributed by atoms with Gasteiger partial charge in [-0.25, -0.2) is 13.4 Å². The molecule has 1 heterocycles. The highest BCUT2D eigenvalue weighted by Crippen LogP contribution is 2.29. The number of fused-ring (bicyclic) bond motifs is 1. The van der Waals surface area contributed by atoms with Gasteiger partial charge in [0.2, 0.25) is 0 Å². The van der Waals surface area contributed by atoms with Gasteiger partial charge in [0.15, 0.2) is 9.84 Å². The van der Waals surface area contributed by atoms with Gasteiger partial charge in [0, 0.05) is 12.7 Å². The molecular formula is C15H22N2O2S. The molecule has 0 saturated heterocycles. The molecule has 1 N–H and O–H groups in total. The molecular weight excluding hydrogens is 272 g/mol. The number of para-hydroxylation sites is 1. The van der Waals surface area contributed by atoms with E-state index >= 15 is 0 Å². The number of rotatable bonds is 3. The van der Waals surface area contributed by atoms with Gasteiger partial charge in [-0.2, -0.15) is 0 Å². The molecule has 0 aliphatic heterocycles. The third-order valence-corrected chi connectivity index (χ3v) is 5.03. The lowest BCUT2D eigenvalue weighted by Gasteiger charge is -2.26. The summed E-state index contributed by atoms with van der Waals surface area (Å²) in [7, 11) is -3.26. The number of aromatic nitrogens is 2. The Hall–Kier alpha value is -1.36. The molecule has 0 fully saturated rings. The number of nitrogens with zero attached hydrogens (tertiary/aromatic N) is 1. The topological polar surface area (TPSA) is 62.8 Å². The SMILES string of the molecule is CC(Cc1nc2c(S(C)(=O)=O)cccc2[nH]1)C(C)(C)C. The van der Waals surface area contributed by atoms with Crippen molar-refractivity contribution >= 4 is 20.9 Å². The van der Waals surface area contributed by atoms with Crippen molar-refractivity contribution in [3.63, 3.8) is 0 Å². The Balaban J connectivity index is 2.45. The maximum atomic E-state index is 11.8. The van der Waals surface area contributed by atoms with Crippen LogP contribution in [0.2, 0.25) is 0 Å². The Morgan fingerprint density at radius 2 is 1.95 bits per heavy atom. The zero-order chi connectivity index (χ0) is 15.1. The fourth-order valence-corrected chi connectivity index (χ4v) is 2.88. The van der Waals surface area contributed by atoms with E-state index in [1.807, 2.05) is 6.07 Å². The van der Waals surface area contributed by atoms with E-state index in [2.05, 4.69) is 37.7 Å². The number of benzene rings is 1. The first-order chi connectivity index (χ1) is 9.09. The number of aromatic amines is 1. The van der Waals surface area contributed by atoms with Crippen molar-refractivity contribution in [2.24, 2.45) is 11.3 Å². The number of imidazole rings is 1. The van der Waals surface area contributed by atoms with Gasteiger partial charge in [-0.1, -0.05) is 33.8 Å². The Kier molecular flexibility index (Phi) is 3.67. The van der Waals surface area contributed by atoms with Crippen LogP contribution in [0.25, 0.3) is 11.0 Å². The second-order valence-corrected chi connectivity index (χ2v) is 8.56. The van der Waals surface area contributed by atoms with Crippen LogP contribution in [0.15, 0.2) is 23.1 Å². The minimum absolute atomic E-state index is 0.193. The number of H-pyrrole nitrogens is 1. The van der Waals surface area contributed by atoms with Gasteiger partial charge < -0.3 is 4.98 Å². The predicted octanol–water partition coefficient (Wildman–Crippen LogP) is 3.19. The third kappa shape index (κ3) is 3.03. The summed E-state index contributed by atoms with van der Waals surface area (Å²) in [4.78, 5) is 8.03. The van der Waals surface area contributed by atoms with Crippen molar-refractivity contribution in [2.75, 3.05) is 6.26 Å². The summed E-state index contributed by atoms with van der Waals surface area (Å²) in [5.41, 5.74) is 1.52. The molecule has 20 heavy (non-hydrogen) atoms. The molecule has 0 saturated carbocycles. The molecule has 1 aromatic heterocycles. The van der Waals surface area contributed by atoms with Gasteiger partial charge in [0.25, 0.3) is 0 Å². The van der Waals surface area contributed by atoms with E-state index in [1.165, 1.54) is 6.26 Å². The highest BCUT2D eigenvalue weighted by atomic mass is 32.2. The van der Waals surface area contributed by atoms with E-state index in [4.69, 9.17) is 0 Å². The Morgan fingerprint density at radius 1 is 1.30 bits per heavy atom. The molecule has 0 amide bonds. The number of hydrogen-bond acceptors (Lipinski definition) is 3. The average molecular weight is 294 g/mol. The van der Waals surface area contributed by atoms with Crippen LogP contribution in [0.5, 0.6) is 0 Å². The Morgan fingerprint density at radius 3 is 2.50 bits per heavy atom. The Bertz CT molecular complexity index is 724. The zero-order valence-corrected chi connectivity index (χ0v) is 13.5. The van der Waals surface area contributed by atoms with Crippen LogP contribution in [0, 0.1) is 11.3 Å². The lowest BCUT2D eigenvalue weighted by Crippen LogP contribution is -2.19. The lowest BCUT2D eigenvalue weighted by molar-refractivity contribution is 0.257. The number of hydrogen-bond donors (Lipinski definition) is 1. The second kappa shape index (κ2) is 4.88. The fourth-order valence-electron chi connectivity index (χ4n) is 2.05. The van der Waals surface area contributed by atoms with Crippen LogP contribution in [0.3, 0.4) is 0 Å². The molecule has 5 heteroatoms. The van der Waals surface area contributed by atoms with Crippen molar-refractivity contribution in [1.82, 2.24) is 9.97 Å². The molecule has 0 aliphatic rings. The van der Waals surface area contributed by atoms with Crippen LogP contribution >= 0.6 is 0 Å². The maximum absolute atomic E-state index is 11.8. The molecule has 110 valence electrons. The molecule has 0 spiro atoms. The lowest BCUT2D eigenvalue weighted by atomic mass is 9.80. The summed E-state index contributed by atoms with van der Waals surface area (Å²) in [5, 5.41) is 0. The quantitative estimate of drug-likeness (QED) is 0.945. The molecule has 4 nitrogen and oxygen atoms in total. The zero-order valence-electron chi connectivity index (χ0n) is 12.7. The largest absolute Gasteiger partial charge is 0.342 e. The van der Waals surface area contributed by atoms with Crippen LogP contribution in [-0.4, -0.2) is 24.6 Å². The molecule has 0 bridgehead atoms. The van der Waals surface area contributed by atoms with Gasteiger partial charge in [0.05, 0.1) is 10.4 Å². The van der Waals surface area contributed by atoms with Crippen molar-refractivity contribution in [3.8, 4) is 0 Å². The second-order valence-electron chi connectivity index (χ2n) is 6.58. The van der Waals surface area contributed by atoms with Crippen LogP contribution in [-0.2, 0) is 16.3 Å². The van der Waals surface area contributed by atoms with Crippen LogP contribution in [0.1, 0.15) is 33.5 Å². The fraction of sp³-hybridized carbons (Fsp3) is 0.533. The first-order valence-electron chi connectivity index (χ1n) is 6.76. The van der Waals surface area contributed by atoms with E-state index in [0.717, 1.165) is 17.8 Å². The minimum atomic E-state index is -3.26. The molecule has 2 rings (SSSR count). The monoisotopic (exact) mass is 294 g/mol. The van der Waals surface area contributed by atoms with Gasteiger partial charge in [0.1, 0.15) is 11.3 Å². The summed E-state index contributed by atoms with van der Waals surface area (Å²) in [6.45, 7) is 8.78. The normalized spacial score (nSPS) is 14.7. The highest BCUT2D eigenvalue weighted by molar-refractivity contribution is 7.91. The Labute approximate surface area is 120 Å². The molecule has 1 atom stereocenters. The third-order valence-electron chi connectivity index (χ3n) is 3.90. The minimum Gasteiger partial charge on any atom is -0.342 e. The van der Waals surface area contributed by atoms with E-state index in [9.17, 15) is 8.42 Å². The molecule has 1 unspecified atom stereocenters. The summed E-state index contributed by atoms with van der Waals surface area (Å²) < 4.78 is 23.6. The van der Waals surface area contributed by atoms with E-state index < -0.39 is 9.84 Å². The maximum Gasteiger partial charge on any atom is 0.177 e. The summed E-state index contributed by atoms with van der Waals surface area (Å²) in [6, 6.07) is 5.21. The first-order valence-corrected chi connectivity index (χ1v) is 8.66. The van der Waals surface area contributed by atoms with E-state index in [1.54, 1.807) is 12.1 Å². The molecule has 0 radical (unpaired) electrons. The van der Waals surface area contributed by atoms with Crippen molar-refractivity contribution < 1.29 is 8.42 Å². The molecule has 1 aromatic carbocycles. The van der Waals surface area contributed by atoms with Gasteiger partial charge in [-0.3, -0.25) is 0 Å². The van der Waals surface area contributed by atoms with Crippen molar-refractivity contribution in [3.05, 3.63) is 24.0 Å². The van der Waals surface area contributed by atoms with Gasteiger partial charge >= 0.3 is 0 Å². The number of nitrogens with one attached hydrogen (secondary N) is 1. The highest BCUT2D eigenvalue weighted by Gasteiger charge is 2.22. The molecule has 2 aromatic rings. The number of sulfone groups is 1. The van der Waals surface area contributed by atoms with E-state index in [0.29, 0.717) is 16.3 Å². The van der Waals surface area contributed by atoms with Gasteiger partial charge in [-0.15, -0.1) is 0 Å². The molecule has 0 aliphatic carbocycles. The van der Waals surface area contributed by atoms with Crippen LogP contribution in [0.4, 0.5) is 0 Å². The van der Waals surface area contributed by atoms with Crippen molar-refractivity contribution in [1.29, 1.82) is 0 Å². The smallest absolute Gasteiger partial charge is 0.177 e. The predicted molar refractivity (Wildman–Crippen MR) is 81.5 cm³/mol. The summed E-state index contributed by atoms with van der Waals surface area (Å²) in [5.74, 6) is 1.29. The van der Waals surface area contributed by atoms with Crippen LogP contribution < -0.4 is 0 Å². The standard InChI is InChI=1S/C15H22N2O2S/c1-10(15(2,3)4)9-13-16-11-7-6-8-12(14(11)17-13)20(5,18)19/h6-8,10H,9H2,1-5H3,(H,16,17). The summed E-state index contributed by atoms with van der Waals surface area (Å²) >= 11 is 0. The average Bonchev–Trinajstić information content (AvgIpc) is 2.67. The first kappa shape index (κ1) is 15.0.